The van der Waals surface area contributed by atoms with Gasteiger partial charge in [-0.05, 0) is 27.7 Å². The molecule has 0 heterocycles. The maximum absolute atomic E-state index is 11.3. The van der Waals surface area contributed by atoms with Crippen LogP contribution >= 0.6 is 0 Å². The van der Waals surface area contributed by atoms with E-state index in [9.17, 15) is 4.79 Å². The van der Waals surface area contributed by atoms with E-state index in [-0.39, 0.29) is 17.7 Å². The van der Waals surface area contributed by atoms with Crippen molar-refractivity contribution in [2.75, 3.05) is 19.6 Å². The molecule has 0 aliphatic heterocycles. The van der Waals surface area contributed by atoms with Crippen molar-refractivity contribution in [3.63, 3.8) is 0 Å². The van der Waals surface area contributed by atoms with Crippen LogP contribution in [0.25, 0.3) is 0 Å². The van der Waals surface area contributed by atoms with Gasteiger partial charge in [0, 0.05) is 25.2 Å². The fourth-order valence-electron chi connectivity index (χ4n) is 0.960. The van der Waals surface area contributed by atoms with Crippen LogP contribution in [0.15, 0.2) is 0 Å². The summed E-state index contributed by atoms with van der Waals surface area (Å²) < 4.78 is 0. The third-order valence-corrected chi connectivity index (χ3v) is 1.52. The lowest BCUT2D eigenvalue weighted by Crippen LogP contribution is -2.47. The van der Waals surface area contributed by atoms with E-state index in [0.29, 0.717) is 19.6 Å². The lowest BCUT2D eigenvalue weighted by Gasteiger charge is -2.20. The number of aliphatic hydroxyl groups is 1. The summed E-state index contributed by atoms with van der Waals surface area (Å²) in [4.78, 5) is 11.3. The molecule has 0 aromatic heterocycles. The molecule has 0 saturated heterocycles. The maximum atomic E-state index is 11.3. The van der Waals surface area contributed by atoms with Crippen molar-refractivity contribution in [1.82, 2.24) is 16.0 Å². The second kappa shape index (κ2) is 6.63. The standard InChI is InChI=1S/C10H23N3O2/c1-8(14)7-11-5-6-12-9(15)13-10(2,3)4/h8,11,14H,5-7H2,1-4H3,(H2,12,13,15). The molecule has 0 fully saturated rings. The Morgan fingerprint density at radius 1 is 1.33 bits per heavy atom. The Labute approximate surface area is 91.6 Å². The normalized spacial score (nSPS) is 13.4. The van der Waals surface area contributed by atoms with E-state index in [0.717, 1.165) is 0 Å². The van der Waals surface area contributed by atoms with Crippen molar-refractivity contribution >= 4 is 6.03 Å². The van der Waals surface area contributed by atoms with E-state index in [1.54, 1.807) is 6.92 Å². The molecule has 0 radical (unpaired) electrons. The molecule has 1 unspecified atom stereocenters. The molecule has 0 saturated carbocycles. The van der Waals surface area contributed by atoms with Crippen LogP contribution in [-0.4, -0.2) is 42.4 Å². The SMILES string of the molecule is CC(O)CNCCNC(=O)NC(C)(C)C. The minimum absolute atomic E-state index is 0.165. The van der Waals surface area contributed by atoms with Gasteiger partial charge in [0.05, 0.1) is 6.10 Å². The fourth-order valence-corrected chi connectivity index (χ4v) is 0.960. The first-order valence-corrected chi connectivity index (χ1v) is 5.26. The van der Waals surface area contributed by atoms with Gasteiger partial charge in [0.25, 0.3) is 0 Å². The number of urea groups is 1. The second-order valence-electron chi connectivity index (χ2n) is 4.68. The summed E-state index contributed by atoms with van der Waals surface area (Å²) in [7, 11) is 0. The van der Waals surface area contributed by atoms with Crippen LogP contribution in [0.4, 0.5) is 4.79 Å². The summed E-state index contributed by atoms with van der Waals surface area (Å²) in [5.41, 5.74) is -0.211. The molecular weight excluding hydrogens is 194 g/mol. The first-order chi connectivity index (χ1) is 6.81. The molecule has 90 valence electrons. The molecule has 0 aromatic rings. The van der Waals surface area contributed by atoms with E-state index < -0.39 is 0 Å². The fraction of sp³-hybridized carbons (Fsp3) is 0.900. The molecule has 5 heteroatoms. The summed E-state index contributed by atoms with van der Waals surface area (Å²) >= 11 is 0. The number of aliphatic hydroxyl groups excluding tert-OH is 1. The van der Waals surface area contributed by atoms with Gasteiger partial charge in [-0.3, -0.25) is 0 Å². The van der Waals surface area contributed by atoms with Crippen LogP contribution in [0.3, 0.4) is 0 Å². The molecule has 0 rings (SSSR count). The third kappa shape index (κ3) is 11.1. The summed E-state index contributed by atoms with van der Waals surface area (Å²) in [6.45, 7) is 9.25. The summed E-state index contributed by atoms with van der Waals surface area (Å²) in [6.07, 6.45) is -0.353. The Morgan fingerprint density at radius 2 is 1.93 bits per heavy atom. The van der Waals surface area contributed by atoms with Crippen LogP contribution < -0.4 is 16.0 Å². The van der Waals surface area contributed by atoms with Gasteiger partial charge in [-0.2, -0.15) is 0 Å². The number of carbonyl (C=O) groups excluding carboxylic acids is 1. The van der Waals surface area contributed by atoms with Crippen molar-refractivity contribution in [2.24, 2.45) is 0 Å². The van der Waals surface area contributed by atoms with Crippen LogP contribution in [0.1, 0.15) is 27.7 Å². The number of amides is 2. The number of rotatable bonds is 5. The third-order valence-electron chi connectivity index (χ3n) is 1.52. The first-order valence-electron chi connectivity index (χ1n) is 5.26. The molecule has 0 aliphatic carbocycles. The molecule has 0 bridgehead atoms. The minimum Gasteiger partial charge on any atom is -0.392 e. The summed E-state index contributed by atoms with van der Waals surface area (Å²) in [6, 6.07) is -0.165. The van der Waals surface area contributed by atoms with E-state index in [2.05, 4.69) is 16.0 Å². The van der Waals surface area contributed by atoms with Crippen molar-refractivity contribution in [1.29, 1.82) is 0 Å². The van der Waals surface area contributed by atoms with Crippen molar-refractivity contribution < 1.29 is 9.90 Å². The van der Waals surface area contributed by atoms with Gasteiger partial charge in [-0.15, -0.1) is 0 Å². The molecule has 0 spiro atoms. The van der Waals surface area contributed by atoms with Crippen LogP contribution in [0.2, 0.25) is 0 Å². The minimum atomic E-state index is -0.353. The average molecular weight is 217 g/mol. The number of carbonyl (C=O) groups is 1. The van der Waals surface area contributed by atoms with Crippen LogP contribution in [-0.2, 0) is 0 Å². The zero-order chi connectivity index (χ0) is 11.9. The lowest BCUT2D eigenvalue weighted by atomic mass is 10.1. The van der Waals surface area contributed by atoms with E-state index in [4.69, 9.17) is 5.11 Å². The highest BCUT2D eigenvalue weighted by Gasteiger charge is 2.12. The molecule has 15 heavy (non-hydrogen) atoms. The van der Waals surface area contributed by atoms with Crippen LogP contribution in [0, 0.1) is 0 Å². The highest BCUT2D eigenvalue weighted by Crippen LogP contribution is 1.96. The summed E-state index contributed by atoms with van der Waals surface area (Å²) in [5, 5.41) is 17.5. The van der Waals surface area contributed by atoms with Gasteiger partial charge in [-0.1, -0.05) is 0 Å². The zero-order valence-corrected chi connectivity index (χ0v) is 10.1. The summed E-state index contributed by atoms with van der Waals surface area (Å²) in [5.74, 6) is 0. The highest BCUT2D eigenvalue weighted by molar-refractivity contribution is 5.74. The molecule has 4 N–H and O–H groups in total. The van der Waals surface area contributed by atoms with Gasteiger partial charge in [-0.25, -0.2) is 4.79 Å². The van der Waals surface area contributed by atoms with E-state index >= 15 is 0 Å². The highest BCUT2D eigenvalue weighted by atomic mass is 16.3. The predicted octanol–water partition coefficient (Wildman–Crippen LogP) is 0.0545. The van der Waals surface area contributed by atoms with Gasteiger partial charge in [0.2, 0.25) is 0 Å². The monoisotopic (exact) mass is 217 g/mol. The van der Waals surface area contributed by atoms with Crippen molar-refractivity contribution in [2.45, 2.75) is 39.3 Å². The van der Waals surface area contributed by atoms with Gasteiger partial charge in [0.15, 0.2) is 0 Å². The Bertz CT molecular complexity index is 188. The Kier molecular flexibility index (Phi) is 6.27. The first kappa shape index (κ1) is 14.2. The van der Waals surface area contributed by atoms with Gasteiger partial charge in [0.1, 0.15) is 0 Å². The quantitative estimate of drug-likeness (QED) is 0.492. The number of nitrogens with one attached hydrogen (secondary N) is 3. The molecular formula is C10H23N3O2. The van der Waals surface area contributed by atoms with E-state index in [1.807, 2.05) is 20.8 Å². The van der Waals surface area contributed by atoms with Crippen molar-refractivity contribution in [3.8, 4) is 0 Å². The topological polar surface area (TPSA) is 73.4 Å². The number of hydrogen-bond donors (Lipinski definition) is 4. The van der Waals surface area contributed by atoms with E-state index in [1.165, 1.54) is 0 Å². The Hall–Kier alpha value is -0.810. The Balaban J connectivity index is 3.40. The number of hydrogen-bond acceptors (Lipinski definition) is 3. The molecule has 0 aromatic carbocycles. The smallest absolute Gasteiger partial charge is 0.315 e. The molecule has 0 aliphatic rings. The van der Waals surface area contributed by atoms with Crippen LogP contribution in [0.5, 0.6) is 0 Å². The molecule has 5 nitrogen and oxygen atoms in total. The average Bonchev–Trinajstić information content (AvgIpc) is 1.99. The largest absolute Gasteiger partial charge is 0.392 e. The van der Waals surface area contributed by atoms with Crippen molar-refractivity contribution in [3.05, 3.63) is 0 Å². The molecule has 1 atom stereocenters. The maximum Gasteiger partial charge on any atom is 0.315 e. The van der Waals surface area contributed by atoms with Gasteiger partial charge >= 0.3 is 6.03 Å². The predicted molar refractivity (Wildman–Crippen MR) is 60.8 cm³/mol. The van der Waals surface area contributed by atoms with Gasteiger partial charge < -0.3 is 21.1 Å². The lowest BCUT2D eigenvalue weighted by molar-refractivity contribution is 0.191. The zero-order valence-electron chi connectivity index (χ0n) is 10.1. The second-order valence-corrected chi connectivity index (χ2v) is 4.68. The Morgan fingerprint density at radius 3 is 2.40 bits per heavy atom. The molecule has 2 amide bonds.